The molecule has 2 aliphatic rings. The second-order valence-electron chi connectivity index (χ2n) is 6.27. The molecule has 2 aliphatic heterocycles. The highest BCUT2D eigenvalue weighted by Gasteiger charge is 2.26. The van der Waals surface area contributed by atoms with E-state index in [0.717, 1.165) is 30.9 Å². The summed E-state index contributed by atoms with van der Waals surface area (Å²) in [5.41, 5.74) is 1.37. The Bertz CT molecular complexity index is 475. The van der Waals surface area contributed by atoms with Crippen molar-refractivity contribution < 1.29 is 14.6 Å². The number of nitrogens with zero attached hydrogens (tertiary/aromatic N) is 1. The van der Waals surface area contributed by atoms with E-state index in [1.165, 1.54) is 12.8 Å². The topological polar surface area (TPSA) is 41.9 Å². The molecule has 0 radical (unpaired) electrons. The van der Waals surface area contributed by atoms with Crippen LogP contribution in [-0.2, 0) is 6.54 Å². The van der Waals surface area contributed by atoms with Gasteiger partial charge in [0.15, 0.2) is 11.5 Å². The van der Waals surface area contributed by atoms with Crippen LogP contribution in [0.2, 0.25) is 0 Å². The van der Waals surface area contributed by atoms with E-state index >= 15 is 0 Å². The zero-order valence-corrected chi connectivity index (χ0v) is 11.6. The van der Waals surface area contributed by atoms with Gasteiger partial charge in [-0.1, -0.05) is 13.8 Å². The quantitative estimate of drug-likeness (QED) is 0.891. The smallest absolute Gasteiger partial charge is 0.231 e. The lowest BCUT2D eigenvalue weighted by atomic mass is 9.82. The lowest BCUT2D eigenvalue weighted by Crippen LogP contribution is -2.36. The van der Waals surface area contributed by atoms with Crippen molar-refractivity contribution >= 4 is 0 Å². The Labute approximate surface area is 113 Å². The van der Waals surface area contributed by atoms with Crippen molar-refractivity contribution in [1.82, 2.24) is 4.90 Å². The molecule has 1 fully saturated rings. The van der Waals surface area contributed by atoms with E-state index < -0.39 is 0 Å². The number of ether oxygens (including phenoxy) is 2. The molecule has 0 amide bonds. The summed E-state index contributed by atoms with van der Waals surface area (Å²) in [5.74, 6) is 1.68. The number of hydrogen-bond acceptors (Lipinski definition) is 4. The Hall–Kier alpha value is -1.42. The fourth-order valence-electron chi connectivity index (χ4n) is 2.66. The SMILES string of the molecule is CC1(C)CCN(Cc2cc3c(cc2O)OCO3)CC1. The predicted molar refractivity (Wildman–Crippen MR) is 72.5 cm³/mol. The highest BCUT2D eigenvalue weighted by molar-refractivity contribution is 5.51. The molecule has 0 aromatic heterocycles. The summed E-state index contributed by atoms with van der Waals surface area (Å²) in [5, 5.41) is 10.0. The number of fused-ring (bicyclic) bond motifs is 1. The van der Waals surface area contributed by atoms with E-state index in [0.29, 0.717) is 16.9 Å². The Morgan fingerprint density at radius 1 is 1.16 bits per heavy atom. The van der Waals surface area contributed by atoms with Crippen LogP contribution in [0.1, 0.15) is 32.3 Å². The zero-order chi connectivity index (χ0) is 13.5. The monoisotopic (exact) mass is 263 g/mol. The molecule has 0 spiro atoms. The van der Waals surface area contributed by atoms with E-state index in [-0.39, 0.29) is 6.79 Å². The minimum absolute atomic E-state index is 0.246. The molecule has 4 heteroatoms. The van der Waals surface area contributed by atoms with Crippen LogP contribution in [0, 0.1) is 5.41 Å². The van der Waals surface area contributed by atoms with Crippen molar-refractivity contribution in [2.45, 2.75) is 33.2 Å². The zero-order valence-electron chi connectivity index (χ0n) is 11.6. The number of rotatable bonds is 2. The van der Waals surface area contributed by atoms with Crippen LogP contribution in [-0.4, -0.2) is 29.9 Å². The summed E-state index contributed by atoms with van der Waals surface area (Å²) in [6.45, 7) is 7.83. The number of phenolic OH excluding ortho intramolecular Hbond substituents is 1. The molecule has 104 valence electrons. The average Bonchev–Trinajstić information content (AvgIpc) is 2.79. The van der Waals surface area contributed by atoms with Gasteiger partial charge in [-0.25, -0.2) is 0 Å². The van der Waals surface area contributed by atoms with Crippen LogP contribution in [0.25, 0.3) is 0 Å². The van der Waals surface area contributed by atoms with Gasteiger partial charge in [0.2, 0.25) is 6.79 Å². The first-order chi connectivity index (χ1) is 9.03. The third-order valence-corrected chi connectivity index (χ3v) is 4.18. The molecular weight excluding hydrogens is 242 g/mol. The number of piperidine rings is 1. The van der Waals surface area contributed by atoms with Gasteiger partial charge >= 0.3 is 0 Å². The van der Waals surface area contributed by atoms with Gasteiger partial charge in [-0.2, -0.15) is 0 Å². The van der Waals surface area contributed by atoms with E-state index in [1.807, 2.05) is 6.07 Å². The predicted octanol–water partition coefficient (Wildman–Crippen LogP) is 2.74. The molecule has 0 unspecified atom stereocenters. The molecule has 3 rings (SSSR count). The van der Waals surface area contributed by atoms with Gasteiger partial charge in [0.25, 0.3) is 0 Å². The summed E-state index contributed by atoms with van der Waals surface area (Å²) in [6, 6.07) is 3.56. The standard InChI is InChI=1S/C15H21NO3/c1-15(2)3-5-16(6-4-15)9-11-7-13-14(8-12(11)17)19-10-18-13/h7-8,17H,3-6,9-10H2,1-2H3. The minimum Gasteiger partial charge on any atom is -0.507 e. The third kappa shape index (κ3) is 2.63. The summed E-state index contributed by atoms with van der Waals surface area (Å²) >= 11 is 0. The van der Waals surface area contributed by atoms with Crippen LogP contribution in [0.5, 0.6) is 17.2 Å². The first kappa shape index (κ1) is 12.6. The van der Waals surface area contributed by atoms with E-state index in [4.69, 9.17) is 9.47 Å². The van der Waals surface area contributed by atoms with Crippen molar-refractivity contribution in [1.29, 1.82) is 0 Å². The molecule has 0 bridgehead atoms. The highest BCUT2D eigenvalue weighted by atomic mass is 16.7. The average molecular weight is 263 g/mol. The normalized spacial score (nSPS) is 21.6. The van der Waals surface area contributed by atoms with Gasteiger partial charge in [0.05, 0.1) is 0 Å². The number of phenols is 1. The van der Waals surface area contributed by atoms with Gasteiger partial charge in [-0.3, -0.25) is 4.90 Å². The maximum atomic E-state index is 10.0. The van der Waals surface area contributed by atoms with Crippen molar-refractivity contribution in [2.75, 3.05) is 19.9 Å². The fraction of sp³-hybridized carbons (Fsp3) is 0.600. The second kappa shape index (κ2) is 4.60. The largest absolute Gasteiger partial charge is 0.507 e. The highest BCUT2D eigenvalue weighted by Crippen LogP contribution is 2.38. The van der Waals surface area contributed by atoms with Crippen LogP contribution >= 0.6 is 0 Å². The summed E-state index contributed by atoms with van der Waals surface area (Å²) in [4.78, 5) is 2.39. The molecule has 0 aliphatic carbocycles. The summed E-state index contributed by atoms with van der Waals surface area (Å²) in [6.07, 6.45) is 2.41. The maximum Gasteiger partial charge on any atom is 0.231 e. The van der Waals surface area contributed by atoms with Crippen LogP contribution in [0.4, 0.5) is 0 Å². The molecule has 4 nitrogen and oxygen atoms in total. The maximum absolute atomic E-state index is 10.0. The molecule has 2 heterocycles. The number of hydrogen-bond donors (Lipinski definition) is 1. The van der Waals surface area contributed by atoms with Crippen LogP contribution in [0.3, 0.4) is 0 Å². The number of aromatic hydroxyl groups is 1. The van der Waals surface area contributed by atoms with Gasteiger partial charge in [-0.15, -0.1) is 0 Å². The Morgan fingerprint density at radius 2 is 1.79 bits per heavy atom. The fourth-order valence-corrected chi connectivity index (χ4v) is 2.66. The van der Waals surface area contributed by atoms with Gasteiger partial charge in [0.1, 0.15) is 5.75 Å². The van der Waals surface area contributed by atoms with Gasteiger partial charge < -0.3 is 14.6 Å². The van der Waals surface area contributed by atoms with Crippen LogP contribution in [0.15, 0.2) is 12.1 Å². The first-order valence-corrected chi connectivity index (χ1v) is 6.87. The molecule has 1 N–H and O–H groups in total. The summed E-state index contributed by atoms with van der Waals surface area (Å²) < 4.78 is 10.6. The van der Waals surface area contributed by atoms with Crippen LogP contribution < -0.4 is 9.47 Å². The molecule has 1 aromatic rings. The summed E-state index contributed by atoms with van der Waals surface area (Å²) in [7, 11) is 0. The van der Waals surface area contributed by atoms with E-state index in [9.17, 15) is 5.11 Å². The molecule has 1 aromatic carbocycles. The Balaban J connectivity index is 1.70. The molecule has 19 heavy (non-hydrogen) atoms. The van der Waals surface area contributed by atoms with Crippen molar-refractivity contribution in [3.8, 4) is 17.2 Å². The number of benzene rings is 1. The molecule has 0 atom stereocenters. The van der Waals surface area contributed by atoms with Gasteiger partial charge in [-0.05, 0) is 37.4 Å². The Morgan fingerprint density at radius 3 is 2.47 bits per heavy atom. The lowest BCUT2D eigenvalue weighted by Gasteiger charge is -2.37. The third-order valence-electron chi connectivity index (χ3n) is 4.18. The minimum atomic E-state index is 0.246. The van der Waals surface area contributed by atoms with E-state index in [1.54, 1.807) is 6.07 Å². The molecule has 1 saturated heterocycles. The van der Waals surface area contributed by atoms with Gasteiger partial charge in [0, 0.05) is 18.2 Å². The van der Waals surface area contributed by atoms with Crippen molar-refractivity contribution in [3.63, 3.8) is 0 Å². The Kier molecular flexibility index (Phi) is 3.05. The van der Waals surface area contributed by atoms with Crippen molar-refractivity contribution in [3.05, 3.63) is 17.7 Å². The van der Waals surface area contributed by atoms with Crippen molar-refractivity contribution in [2.24, 2.45) is 5.41 Å². The number of likely N-dealkylation sites (tertiary alicyclic amines) is 1. The molecule has 0 saturated carbocycles. The van der Waals surface area contributed by atoms with E-state index in [2.05, 4.69) is 18.7 Å². The molecular formula is C15H21NO3. The lowest BCUT2D eigenvalue weighted by molar-refractivity contribution is 0.126. The second-order valence-corrected chi connectivity index (χ2v) is 6.27. The first-order valence-electron chi connectivity index (χ1n) is 6.87.